The van der Waals surface area contributed by atoms with Gasteiger partial charge in [0.15, 0.2) is 0 Å². The third-order valence-corrected chi connectivity index (χ3v) is 3.92. The average molecular weight is 353 g/mol. The molecule has 0 saturated carbocycles. The quantitative estimate of drug-likeness (QED) is 0.651. The average Bonchev–Trinajstić information content (AvgIpc) is 2.43. The molecule has 1 aromatic rings. The zero-order valence-corrected chi connectivity index (χ0v) is 16.7. The van der Waals surface area contributed by atoms with E-state index in [2.05, 4.69) is 15.3 Å². The Morgan fingerprint density at radius 3 is 2.29 bits per heavy atom. The Kier molecular flexibility index (Phi) is 6.77. The smallest absolute Gasteiger partial charge is 0.258 e. The highest BCUT2D eigenvalue weighted by atomic mass is 32.2. The van der Waals surface area contributed by atoms with E-state index in [0.717, 1.165) is 5.82 Å². The van der Waals surface area contributed by atoms with Crippen molar-refractivity contribution >= 4 is 23.6 Å². The Morgan fingerprint density at radius 1 is 1.25 bits per heavy atom. The van der Waals surface area contributed by atoms with Gasteiger partial charge < -0.3 is 10.2 Å². The van der Waals surface area contributed by atoms with Gasteiger partial charge in [0, 0.05) is 18.5 Å². The fourth-order valence-electron chi connectivity index (χ4n) is 2.16. The summed E-state index contributed by atoms with van der Waals surface area (Å²) in [5.74, 6) is 0.480. The zero-order chi connectivity index (χ0) is 18.7. The molecular formula is C17H28N4O2S. The van der Waals surface area contributed by atoms with E-state index in [0.29, 0.717) is 16.3 Å². The molecule has 2 amide bonds. The molecule has 0 aliphatic heterocycles. The molecule has 0 radical (unpaired) electrons. The fraction of sp³-hybridized carbons (Fsp3) is 0.647. The molecule has 1 rings (SSSR count). The summed E-state index contributed by atoms with van der Waals surface area (Å²) < 4.78 is 0. The second-order valence-electron chi connectivity index (χ2n) is 7.17. The van der Waals surface area contributed by atoms with E-state index in [1.165, 1.54) is 16.7 Å². The Balaban J connectivity index is 3.04. The predicted octanol–water partition coefficient (Wildman–Crippen LogP) is 2.62. The molecule has 0 aromatic carbocycles. The number of nitrogens with zero attached hydrogens (tertiary/aromatic N) is 3. The number of hydrogen-bond donors (Lipinski definition) is 1. The monoisotopic (exact) mass is 352 g/mol. The van der Waals surface area contributed by atoms with Crippen LogP contribution < -0.4 is 5.32 Å². The topological polar surface area (TPSA) is 75.2 Å². The Bertz CT molecular complexity index is 624. The number of carbonyl (C=O) groups is 2. The second kappa shape index (κ2) is 7.96. The highest BCUT2D eigenvalue weighted by Gasteiger charge is 2.24. The van der Waals surface area contributed by atoms with Crippen LogP contribution in [0.25, 0.3) is 0 Å². The van der Waals surface area contributed by atoms with Crippen LogP contribution in [0.4, 0.5) is 0 Å². The Hall–Kier alpha value is -1.63. The highest BCUT2D eigenvalue weighted by Crippen LogP contribution is 2.24. The molecule has 134 valence electrons. The normalized spacial score (nSPS) is 11.5. The van der Waals surface area contributed by atoms with Crippen molar-refractivity contribution in [1.82, 2.24) is 20.2 Å². The number of nitrogens with one attached hydrogen (secondary N) is 1. The molecule has 0 aliphatic carbocycles. The van der Waals surface area contributed by atoms with Crippen molar-refractivity contribution in [2.45, 2.75) is 58.0 Å². The van der Waals surface area contributed by atoms with Crippen molar-refractivity contribution < 1.29 is 9.59 Å². The number of rotatable bonds is 5. The van der Waals surface area contributed by atoms with E-state index in [1.54, 1.807) is 7.05 Å². The van der Waals surface area contributed by atoms with Gasteiger partial charge in [-0.1, -0.05) is 13.8 Å². The molecule has 0 atom stereocenters. The van der Waals surface area contributed by atoms with Gasteiger partial charge >= 0.3 is 0 Å². The first-order valence-electron chi connectivity index (χ1n) is 7.95. The van der Waals surface area contributed by atoms with Gasteiger partial charge in [-0.25, -0.2) is 9.97 Å². The standard InChI is InChI=1S/C17H28N4O2S/c1-10(2)14-18-11(3)13(15(19-14)24-8)16(23)21(7)9-12(22)20-17(4,5)6/h10H,9H2,1-8H3,(H,20,22). The molecule has 1 aromatic heterocycles. The van der Waals surface area contributed by atoms with Crippen LogP contribution in [0, 0.1) is 6.92 Å². The molecule has 1 N–H and O–H groups in total. The lowest BCUT2D eigenvalue weighted by Gasteiger charge is -2.24. The first-order chi connectivity index (χ1) is 11.0. The van der Waals surface area contributed by atoms with Gasteiger partial charge in [0.2, 0.25) is 5.91 Å². The van der Waals surface area contributed by atoms with Crippen LogP contribution in [-0.2, 0) is 4.79 Å². The minimum absolute atomic E-state index is 0.00467. The van der Waals surface area contributed by atoms with Gasteiger partial charge in [-0.2, -0.15) is 0 Å². The second-order valence-corrected chi connectivity index (χ2v) is 7.96. The van der Waals surface area contributed by atoms with Gasteiger partial charge in [0.25, 0.3) is 5.91 Å². The lowest BCUT2D eigenvalue weighted by molar-refractivity contribution is -0.122. The van der Waals surface area contributed by atoms with Crippen molar-refractivity contribution in [2.24, 2.45) is 0 Å². The zero-order valence-electron chi connectivity index (χ0n) is 15.9. The van der Waals surface area contributed by atoms with Crippen molar-refractivity contribution in [3.63, 3.8) is 0 Å². The minimum atomic E-state index is -0.330. The maximum atomic E-state index is 12.8. The molecule has 6 nitrogen and oxygen atoms in total. The lowest BCUT2D eigenvalue weighted by atomic mass is 10.1. The van der Waals surface area contributed by atoms with Crippen LogP contribution in [0.2, 0.25) is 0 Å². The lowest BCUT2D eigenvalue weighted by Crippen LogP contribution is -2.46. The Labute approximate surface area is 148 Å². The van der Waals surface area contributed by atoms with Crippen LogP contribution in [0.5, 0.6) is 0 Å². The van der Waals surface area contributed by atoms with Crippen LogP contribution in [0.15, 0.2) is 5.03 Å². The van der Waals surface area contributed by atoms with Crippen LogP contribution in [-0.4, -0.2) is 52.1 Å². The third-order valence-electron chi connectivity index (χ3n) is 3.24. The third kappa shape index (κ3) is 5.47. The fourth-order valence-corrected chi connectivity index (χ4v) is 2.78. The molecule has 24 heavy (non-hydrogen) atoms. The minimum Gasteiger partial charge on any atom is -0.350 e. The molecule has 0 spiro atoms. The van der Waals surface area contributed by atoms with E-state index < -0.39 is 0 Å². The predicted molar refractivity (Wildman–Crippen MR) is 97.5 cm³/mol. The van der Waals surface area contributed by atoms with E-state index in [9.17, 15) is 9.59 Å². The van der Waals surface area contributed by atoms with Crippen molar-refractivity contribution in [2.75, 3.05) is 19.8 Å². The molecule has 0 aliphatic rings. The first kappa shape index (κ1) is 20.4. The number of aryl methyl sites for hydroxylation is 1. The number of likely N-dealkylation sites (N-methyl/N-ethyl adjacent to an activating group) is 1. The summed E-state index contributed by atoms with van der Waals surface area (Å²) in [6, 6.07) is 0. The molecular weight excluding hydrogens is 324 g/mol. The van der Waals surface area contributed by atoms with Gasteiger partial charge in [0.05, 0.1) is 17.8 Å². The summed E-state index contributed by atoms with van der Waals surface area (Å²) in [5.41, 5.74) is 0.785. The van der Waals surface area contributed by atoms with Gasteiger partial charge in [-0.05, 0) is 34.0 Å². The number of aromatic nitrogens is 2. The number of thioether (sulfide) groups is 1. The SMILES string of the molecule is CSc1nc(C(C)C)nc(C)c1C(=O)N(C)CC(=O)NC(C)(C)C. The largest absolute Gasteiger partial charge is 0.350 e. The summed E-state index contributed by atoms with van der Waals surface area (Å²) in [4.78, 5) is 35.2. The van der Waals surface area contributed by atoms with Crippen molar-refractivity contribution in [3.8, 4) is 0 Å². The molecule has 0 saturated heterocycles. The molecule has 0 unspecified atom stereocenters. The Morgan fingerprint density at radius 2 is 1.83 bits per heavy atom. The van der Waals surface area contributed by atoms with Crippen molar-refractivity contribution in [1.29, 1.82) is 0 Å². The molecule has 7 heteroatoms. The van der Waals surface area contributed by atoms with Crippen LogP contribution in [0.3, 0.4) is 0 Å². The van der Waals surface area contributed by atoms with Gasteiger partial charge in [-0.15, -0.1) is 11.8 Å². The number of amides is 2. The summed E-state index contributed by atoms with van der Waals surface area (Å²) >= 11 is 1.42. The summed E-state index contributed by atoms with van der Waals surface area (Å²) in [6.07, 6.45) is 1.88. The summed E-state index contributed by atoms with van der Waals surface area (Å²) in [5, 5.41) is 3.51. The maximum absolute atomic E-state index is 12.8. The maximum Gasteiger partial charge on any atom is 0.258 e. The molecule has 1 heterocycles. The molecule has 0 fully saturated rings. The van der Waals surface area contributed by atoms with Crippen LogP contribution >= 0.6 is 11.8 Å². The van der Waals surface area contributed by atoms with Gasteiger partial charge in [0.1, 0.15) is 10.9 Å². The van der Waals surface area contributed by atoms with E-state index in [-0.39, 0.29) is 29.8 Å². The summed E-state index contributed by atoms with van der Waals surface area (Å²) in [6.45, 7) is 11.6. The van der Waals surface area contributed by atoms with E-state index in [1.807, 2.05) is 47.8 Å². The van der Waals surface area contributed by atoms with Crippen LogP contribution in [0.1, 0.15) is 62.4 Å². The highest BCUT2D eigenvalue weighted by molar-refractivity contribution is 7.98. The first-order valence-corrected chi connectivity index (χ1v) is 9.17. The van der Waals surface area contributed by atoms with E-state index >= 15 is 0 Å². The number of hydrogen-bond acceptors (Lipinski definition) is 5. The molecule has 0 bridgehead atoms. The summed E-state index contributed by atoms with van der Waals surface area (Å²) in [7, 11) is 1.62. The van der Waals surface area contributed by atoms with E-state index in [4.69, 9.17) is 0 Å². The van der Waals surface area contributed by atoms with Gasteiger partial charge in [-0.3, -0.25) is 9.59 Å². The van der Waals surface area contributed by atoms with Crippen molar-refractivity contribution in [3.05, 3.63) is 17.1 Å². The number of carbonyl (C=O) groups excluding carboxylic acids is 2.